The third kappa shape index (κ3) is 2.18. The Labute approximate surface area is 100 Å². The second-order valence-corrected chi connectivity index (χ2v) is 4.39. The zero-order chi connectivity index (χ0) is 12.4. The first-order chi connectivity index (χ1) is 8.13. The first kappa shape index (κ1) is 11.7. The molecule has 0 aromatic carbocycles. The molecule has 2 heterocycles. The third-order valence-corrected chi connectivity index (χ3v) is 2.75. The highest BCUT2D eigenvalue weighted by Gasteiger charge is 2.13. The maximum absolute atomic E-state index is 4.60. The molecular formula is C12H17N5. The summed E-state index contributed by atoms with van der Waals surface area (Å²) in [5.41, 5.74) is 3.11. The molecule has 2 rings (SSSR count). The van der Waals surface area contributed by atoms with Crippen LogP contribution in [0.3, 0.4) is 0 Å². The van der Waals surface area contributed by atoms with E-state index in [2.05, 4.69) is 39.0 Å². The molecule has 5 nitrogen and oxygen atoms in total. The van der Waals surface area contributed by atoms with Gasteiger partial charge in [0.25, 0.3) is 0 Å². The summed E-state index contributed by atoms with van der Waals surface area (Å²) in [5.74, 6) is 1.24. The van der Waals surface area contributed by atoms with Gasteiger partial charge < -0.3 is 4.98 Å². The van der Waals surface area contributed by atoms with E-state index in [1.807, 2.05) is 13.1 Å². The van der Waals surface area contributed by atoms with Gasteiger partial charge in [-0.15, -0.1) is 0 Å². The lowest BCUT2D eigenvalue weighted by Crippen LogP contribution is -1.92. The van der Waals surface area contributed by atoms with Crippen molar-refractivity contribution in [2.75, 3.05) is 7.05 Å². The summed E-state index contributed by atoms with van der Waals surface area (Å²) in [6.07, 6.45) is 3.68. The maximum Gasteiger partial charge on any atom is 0.133 e. The highest BCUT2D eigenvalue weighted by atomic mass is 15.1. The van der Waals surface area contributed by atoms with Crippen LogP contribution in [0.5, 0.6) is 0 Å². The zero-order valence-electron chi connectivity index (χ0n) is 10.6. The largest absolute Gasteiger partial charge is 0.339 e. The number of aromatic nitrogens is 3. The second kappa shape index (κ2) is 4.61. The molecule has 0 spiro atoms. The number of imidazole rings is 1. The Morgan fingerprint density at radius 1 is 1.24 bits per heavy atom. The van der Waals surface area contributed by atoms with Crippen LogP contribution in [0.25, 0.3) is 11.0 Å². The molecule has 0 radical (unpaired) electrons. The number of hydrogen-bond donors (Lipinski definition) is 1. The summed E-state index contributed by atoms with van der Waals surface area (Å²) in [4.78, 5) is 12.1. The quantitative estimate of drug-likeness (QED) is 0.824. The van der Waals surface area contributed by atoms with E-state index in [1.54, 1.807) is 13.2 Å². The number of pyridine rings is 1. The molecule has 1 N–H and O–H groups in total. The zero-order valence-corrected chi connectivity index (χ0v) is 10.6. The fraction of sp³-hybridized carbons (Fsp3) is 0.500. The lowest BCUT2D eigenvalue weighted by molar-refractivity contribution is 0.709. The van der Waals surface area contributed by atoms with Crippen LogP contribution in [0.4, 0.5) is 0 Å². The first-order valence-electron chi connectivity index (χ1n) is 5.76. The van der Waals surface area contributed by atoms with Crippen molar-refractivity contribution in [1.82, 2.24) is 15.0 Å². The molecule has 0 aliphatic carbocycles. The van der Waals surface area contributed by atoms with Crippen molar-refractivity contribution in [3.63, 3.8) is 0 Å². The van der Waals surface area contributed by atoms with Crippen LogP contribution in [0.1, 0.15) is 44.1 Å². The van der Waals surface area contributed by atoms with E-state index in [0.29, 0.717) is 5.92 Å². The molecule has 0 amide bonds. The number of H-pyrrole nitrogens is 1. The fourth-order valence-corrected chi connectivity index (χ4v) is 1.82. The van der Waals surface area contributed by atoms with Crippen molar-refractivity contribution >= 4 is 11.0 Å². The number of fused-ring (bicyclic) bond motifs is 1. The van der Waals surface area contributed by atoms with Crippen molar-refractivity contribution in [3.8, 4) is 0 Å². The van der Waals surface area contributed by atoms with Gasteiger partial charge in [-0.05, 0) is 12.8 Å². The number of rotatable bonds is 3. The Morgan fingerprint density at radius 2 is 2.00 bits per heavy atom. The lowest BCUT2D eigenvalue weighted by Gasteiger charge is -2.03. The minimum absolute atomic E-state index is 0.0487. The van der Waals surface area contributed by atoms with Crippen molar-refractivity contribution in [3.05, 3.63) is 23.8 Å². The summed E-state index contributed by atoms with van der Waals surface area (Å²) < 4.78 is 0. The Kier molecular flexibility index (Phi) is 3.17. The summed E-state index contributed by atoms with van der Waals surface area (Å²) in [6, 6.07) is -0.0487. The molecule has 0 fully saturated rings. The Hall–Kier alpha value is -1.78. The van der Waals surface area contributed by atoms with E-state index in [-0.39, 0.29) is 6.04 Å². The maximum atomic E-state index is 4.60. The van der Waals surface area contributed by atoms with Crippen molar-refractivity contribution in [2.45, 2.75) is 32.7 Å². The Morgan fingerprint density at radius 3 is 2.65 bits per heavy atom. The molecule has 2 aromatic rings. The van der Waals surface area contributed by atoms with Crippen molar-refractivity contribution in [1.29, 1.82) is 0 Å². The first-order valence-corrected chi connectivity index (χ1v) is 5.76. The molecule has 17 heavy (non-hydrogen) atoms. The van der Waals surface area contributed by atoms with Gasteiger partial charge in [0, 0.05) is 18.8 Å². The van der Waals surface area contributed by atoms with Crippen LogP contribution >= 0.6 is 0 Å². The highest BCUT2D eigenvalue weighted by molar-refractivity contribution is 5.78. The number of hydrogen-bond acceptors (Lipinski definition) is 4. The molecular weight excluding hydrogens is 214 g/mol. The van der Waals surface area contributed by atoms with E-state index in [1.165, 1.54) is 0 Å². The normalized spacial score (nSPS) is 13.9. The summed E-state index contributed by atoms with van der Waals surface area (Å²) >= 11 is 0. The second-order valence-electron chi connectivity index (χ2n) is 4.39. The van der Waals surface area contributed by atoms with Crippen LogP contribution in [-0.2, 0) is 0 Å². The predicted octanol–water partition coefficient (Wildman–Crippen LogP) is 3.22. The van der Waals surface area contributed by atoms with Gasteiger partial charge in [-0.1, -0.05) is 13.8 Å². The monoisotopic (exact) mass is 231 g/mol. The smallest absolute Gasteiger partial charge is 0.133 e. The fourth-order valence-electron chi connectivity index (χ4n) is 1.82. The molecule has 5 heteroatoms. The van der Waals surface area contributed by atoms with Gasteiger partial charge in [-0.3, -0.25) is 4.98 Å². The minimum atomic E-state index is -0.0487. The molecule has 2 aromatic heterocycles. The Balaban J connectivity index is 2.53. The van der Waals surface area contributed by atoms with Gasteiger partial charge in [0.05, 0.1) is 17.2 Å². The summed E-state index contributed by atoms with van der Waals surface area (Å²) in [6.45, 7) is 6.24. The van der Waals surface area contributed by atoms with E-state index >= 15 is 0 Å². The molecule has 0 bridgehead atoms. The molecule has 0 aliphatic heterocycles. The molecule has 1 atom stereocenters. The minimum Gasteiger partial charge on any atom is -0.339 e. The number of nitrogens with one attached hydrogen (secondary N) is 1. The van der Waals surface area contributed by atoms with Gasteiger partial charge in [0.1, 0.15) is 11.9 Å². The third-order valence-electron chi connectivity index (χ3n) is 2.75. The average molecular weight is 231 g/mol. The highest BCUT2D eigenvalue weighted by Crippen LogP contribution is 2.24. The lowest BCUT2D eigenvalue weighted by atomic mass is 10.0. The number of nitrogens with zero attached hydrogens (tertiary/aromatic N) is 4. The summed E-state index contributed by atoms with van der Waals surface area (Å²) in [7, 11) is 1.67. The van der Waals surface area contributed by atoms with Gasteiger partial charge in [0.2, 0.25) is 0 Å². The van der Waals surface area contributed by atoms with Crippen molar-refractivity contribution < 1.29 is 0 Å². The average Bonchev–Trinajstić information content (AvgIpc) is 2.72. The van der Waals surface area contributed by atoms with E-state index < -0.39 is 0 Å². The van der Waals surface area contributed by atoms with Crippen LogP contribution in [0.2, 0.25) is 0 Å². The standard InChI is InChI=1S/C12H17N5/c1-7(2)9-5-14-6-10-11(9)16-12(15-10)8(3)17-13-4/h5-8H,1-4H3,(H,15,16). The van der Waals surface area contributed by atoms with Crippen LogP contribution in [-0.4, -0.2) is 22.0 Å². The van der Waals surface area contributed by atoms with Gasteiger partial charge in [0.15, 0.2) is 0 Å². The van der Waals surface area contributed by atoms with Gasteiger partial charge in [-0.2, -0.15) is 10.2 Å². The number of aromatic amines is 1. The topological polar surface area (TPSA) is 66.3 Å². The molecule has 0 saturated carbocycles. The van der Waals surface area contributed by atoms with E-state index in [0.717, 1.165) is 22.4 Å². The van der Waals surface area contributed by atoms with Crippen LogP contribution in [0.15, 0.2) is 22.6 Å². The molecule has 90 valence electrons. The molecule has 0 saturated heterocycles. The SMILES string of the molecule is CN=NC(C)c1nc2c(C(C)C)cncc2[nH]1. The van der Waals surface area contributed by atoms with Gasteiger partial charge >= 0.3 is 0 Å². The number of azo groups is 1. The van der Waals surface area contributed by atoms with Crippen LogP contribution < -0.4 is 0 Å². The summed E-state index contributed by atoms with van der Waals surface area (Å²) in [5, 5.41) is 7.86. The predicted molar refractivity (Wildman–Crippen MR) is 67.2 cm³/mol. The van der Waals surface area contributed by atoms with Crippen molar-refractivity contribution in [2.24, 2.45) is 10.2 Å². The Bertz CT molecular complexity index is 541. The van der Waals surface area contributed by atoms with E-state index in [9.17, 15) is 0 Å². The molecule has 0 aliphatic rings. The van der Waals surface area contributed by atoms with Gasteiger partial charge in [-0.25, -0.2) is 4.98 Å². The molecule has 1 unspecified atom stereocenters. The van der Waals surface area contributed by atoms with E-state index in [4.69, 9.17) is 0 Å². The van der Waals surface area contributed by atoms with Crippen LogP contribution in [0, 0.1) is 0 Å².